The zero-order valence-corrected chi connectivity index (χ0v) is 11.4. The fraction of sp³-hybridized carbons (Fsp3) is 0.667. The quantitative estimate of drug-likeness (QED) is 0.765. The highest BCUT2D eigenvalue weighted by Gasteiger charge is 2.34. The molecule has 2 unspecified atom stereocenters. The predicted octanol–water partition coefficient (Wildman–Crippen LogP) is -0.551. The van der Waals surface area contributed by atoms with Gasteiger partial charge in [-0.05, 0) is 18.8 Å². The van der Waals surface area contributed by atoms with Crippen molar-refractivity contribution in [3.63, 3.8) is 0 Å². The standard InChI is InChI=1S/C12H19N5O3/c1-8-2-3-17(10(4-8)12(19)20)11(18)7-16-6-9(5-13)14-15-16/h6,8,10H,2-5,7,13H2,1H3,(H,19,20). The number of carbonyl (C=O) groups excluding carboxylic acids is 1. The van der Waals surface area contributed by atoms with E-state index in [4.69, 9.17) is 5.73 Å². The molecule has 0 aromatic carbocycles. The first kappa shape index (κ1) is 14.4. The monoisotopic (exact) mass is 281 g/mol. The molecular formula is C12H19N5O3. The highest BCUT2D eigenvalue weighted by Crippen LogP contribution is 2.23. The van der Waals surface area contributed by atoms with Crippen molar-refractivity contribution in [2.75, 3.05) is 6.54 Å². The number of carbonyl (C=O) groups is 2. The van der Waals surface area contributed by atoms with Gasteiger partial charge in [0.15, 0.2) is 0 Å². The van der Waals surface area contributed by atoms with Gasteiger partial charge in [-0.1, -0.05) is 12.1 Å². The lowest BCUT2D eigenvalue weighted by Gasteiger charge is -2.35. The largest absolute Gasteiger partial charge is 0.480 e. The highest BCUT2D eigenvalue weighted by atomic mass is 16.4. The first-order valence-electron chi connectivity index (χ1n) is 6.62. The predicted molar refractivity (Wildman–Crippen MR) is 69.4 cm³/mol. The minimum absolute atomic E-state index is 0.00877. The van der Waals surface area contributed by atoms with Crippen molar-refractivity contribution in [1.82, 2.24) is 19.9 Å². The number of piperidine rings is 1. The molecule has 3 N–H and O–H groups in total. The number of carboxylic acids is 1. The zero-order valence-electron chi connectivity index (χ0n) is 11.4. The van der Waals surface area contributed by atoms with Gasteiger partial charge in [0.1, 0.15) is 12.6 Å². The Labute approximate surface area is 116 Å². The maximum absolute atomic E-state index is 12.2. The molecule has 2 heterocycles. The Morgan fingerprint density at radius 3 is 2.90 bits per heavy atom. The Hall–Kier alpha value is -1.96. The second-order valence-electron chi connectivity index (χ2n) is 5.18. The number of carboxylic acid groups (broad SMARTS) is 1. The Bertz CT molecular complexity index is 501. The van der Waals surface area contributed by atoms with Gasteiger partial charge in [-0.2, -0.15) is 0 Å². The number of hydrogen-bond donors (Lipinski definition) is 2. The van der Waals surface area contributed by atoms with Crippen LogP contribution in [0.4, 0.5) is 0 Å². The maximum atomic E-state index is 12.2. The van der Waals surface area contributed by atoms with Crippen molar-refractivity contribution in [1.29, 1.82) is 0 Å². The minimum atomic E-state index is -0.953. The summed E-state index contributed by atoms with van der Waals surface area (Å²) < 4.78 is 1.39. The molecule has 1 aliphatic heterocycles. The molecule has 20 heavy (non-hydrogen) atoms. The molecule has 2 rings (SSSR count). The molecule has 1 aromatic rings. The van der Waals surface area contributed by atoms with Gasteiger partial charge in [0, 0.05) is 13.1 Å². The van der Waals surface area contributed by atoms with E-state index < -0.39 is 12.0 Å². The molecular weight excluding hydrogens is 262 g/mol. The number of amides is 1. The van der Waals surface area contributed by atoms with E-state index in [9.17, 15) is 14.7 Å². The average molecular weight is 281 g/mol. The second kappa shape index (κ2) is 6.00. The van der Waals surface area contributed by atoms with Gasteiger partial charge in [-0.25, -0.2) is 9.48 Å². The van der Waals surface area contributed by atoms with Crippen molar-refractivity contribution in [3.8, 4) is 0 Å². The summed E-state index contributed by atoms with van der Waals surface area (Å²) in [6.45, 7) is 2.72. The first-order chi connectivity index (χ1) is 9.51. The molecule has 0 radical (unpaired) electrons. The summed E-state index contributed by atoms with van der Waals surface area (Å²) in [5, 5.41) is 16.8. The van der Waals surface area contributed by atoms with E-state index in [-0.39, 0.29) is 19.0 Å². The van der Waals surface area contributed by atoms with Crippen LogP contribution in [0, 0.1) is 5.92 Å². The van der Waals surface area contributed by atoms with Gasteiger partial charge < -0.3 is 15.7 Å². The van der Waals surface area contributed by atoms with E-state index >= 15 is 0 Å². The van der Waals surface area contributed by atoms with Gasteiger partial charge in [-0.3, -0.25) is 4.79 Å². The summed E-state index contributed by atoms with van der Waals surface area (Å²) in [7, 11) is 0. The smallest absolute Gasteiger partial charge is 0.326 e. The van der Waals surface area contributed by atoms with Gasteiger partial charge in [0.2, 0.25) is 5.91 Å². The molecule has 1 amide bonds. The van der Waals surface area contributed by atoms with E-state index in [0.717, 1.165) is 6.42 Å². The summed E-state index contributed by atoms with van der Waals surface area (Å²) in [5.41, 5.74) is 6.02. The van der Waals surface area contributed by atoms with Crippen molar-refractivity contribution < 1.29 is 14.7 Å². The van der Waals surface area contributed by atoms with E-state index in [2.05, 4.69) is 10.3 Å². The Morgan fingerprint density at radius 2 is 2.30 bits per heavy atom. The van der Waals surface area contributed by atoms with Crippen molar-refractivity contribution in [2.45, 2.75) is 38.9 Å². The van der Waals surface area contributed by atoms with Crippen molar-refractivity contribution in [2.24, 2.45) is 11.7 Å². The van der Waals surface area contributed by atoms with Gasteiger partial charge in [0.05, 0.1) is 11.9 Å². The number of nitrogens with zero attached hydrogens (tertiary/aromatic N) is 4. The highest BCUT2D eigenvalue weighted by molar-refractivity contribution is 5.83. The van der Waals surface area contributed by atoms with Crippen LogP contribution in [0.25, 0.3) is 0 Å². The van der Waals surface area contributed by atoms with Crippen LogP contribution in [-0.4, -0.2) is 49.5 Å². The number of likely N-dealkylation sites (tertiary alicyclic amines) is 1. The van der Waals surface area contributed by atoms with Crippen LogP contribution in [0.3, 0.4) is 0 Å². The molecule has 1 aromatic heterocycles. The number of aromatic nitrogens is 3. The van der Waals surface area contributed by atoms with E-state index in [1.165, 1.54) is 9.58 Å². The fourth-order valence-corrected chi connectivity index (χ4v) is 2.41. The average Bonchev–Trinajstić information content (AvgIpc) is 2.86. The number of aliphatic carboxylic acids is 1. The lowest BCUT2D eigenvalue weighted by molar-refractivity contribution is -0.153. The summed E-state index contributed by atoms with van der Waals surface area (Å²) >= 11 is 0. The van der Waals surface area contributed by atoms with Crippen LogP contribution >= 0.6 is 0 Å². The van der Waals surface area contributed by atoms with Crippen LogP contribution in [0.5, 0.6) is 0 Å². The van der Waals surface area contributed by atoms with Crippen LogP contribution in [-0.2, 0) is 22.7 Å². The molecule has 0 bridgehead atoms. The Kier molecular flexibility index (Phi) is 4.33. The van der Waals surface area contributed by atoms with E-state index in [1.807, 2.05) is 6.92 Å². The molecule has 0 saturated carbocycles. The van der Waals surface area contributed by atoms with Crippen molar-refractivity contribution in [3.05, 3.63) is 11.9 Å². The van der Waals surface area contributed by atoms with Gasteiger partial charge in [-0.15, -0.1) is 5.10 Å². The summed E-state index contributed by atoms with van der Waals surface area (Å²) in [5.74, 6) is -0.890. The molecule has 8 nitrogen and oxygen atoms in total. The van der Waals surface area contributed by atoms with E-state index in [1.54, 1.807) is 6.20 Å². The maximum Gasteiger partial charge on any atom is 0.326 e. The SMILES string of the molecule is CC1CCN(C(=O)Cn2cc(CN)nn2)C(C(=O)O)C1. The lowest BCUT2D eigenvalue weighted by Crippen LogP contribution is -2.50. The van der Waals surface area contributed by atoms with E-state index in [0.29, 0.717) is 24.6 Å². The molecule has 110 valence electrons. The normalized spacial score (nSPS) is 22.8. The van der Waals surface area contributed by atoms with Gasteiger partial charge in [0.25, 0.3) is 0 Å². The van der Waals surface area contributed by atoms with Crippen molar-refractivity contribution >= 4 is 11.9 Å². The fourth-order valence-electron chi connectivity index (χ4n) is 2.41. The topological polar surface area (TPSA) is 114 Å². The first-order valence-corrected chi connectivity index (χ1v) is 6.62. The third kappa shape index (κ3) is 3.13. The molecule has 8 heteroatoms. The second-order valence-corrected chi connectivity index (χ2v) is 5.18. The zero-order chi connectivity index (χ0) is 14.7. The van der Waals surface area contributed by atoms with Crippen LogP contribution in [0.15, 0.2) is 6.20 Å². The lowest BCUT2D eigenvalue weighted by atomic mass is 9.92. The molecule has 1 fully saturated rings. The molecule has 0 aliphatic carbocycles. The van der Waals surface area contributed by atoms with Crippen LogP contribution in [0.2, 0.25) is 0 Å². The Morgan fingerprint density at radius 1 is 1.55 bits per heavy atom. The summed E-state index contributed by atoms with van der Waals surface area (Å²) in [6.07, 6.45) is 2.91. The van der Waals surface area contributed by atoms with Crippen LogP contribution < -0.4 is 5.73 Å². The Balaban J connectivity index is 2.04. The molecule has 0 spiro atoms. The number of nitrogens with two attached hydrogens (primary N) is 1. The molecule has 1 saturated heterocycles. The van der Waals surface area contributed by atoms with Gasteiger partial charge >= 0.3 is 5.97 Å². The van der Waals surface area contributed by atoms with Crippen LogP contribution in [0.1, 0.15) is 25.5 Å². The molecule has 1 aliphatic rings. The molecule has 2 atom stereocenters. The summed E-state index contributed by atoms with van der Waals surface area (Å²) in [4.78, 5) is 24.9. The third-order valence-corrected chi connectivity index (χ3v) is 3.56. The number of hydrogen-bond acceptors (Lipinski definition) is 5. The third-order valence-electron chi connectivity index (χ3n) is 3.56. The summed E-state index contributed by atoms with van der Waals surface area (Å²) in [6, 6.07) is -0.747. The minimum Gasteiger partial charge on any atom is -0.480 e. The number of rotatable bonds is 4.